The minimum atomic E-state index is -1.48. The van der Waals surface area contributed by atoms with Crippen LogP contribution in [0.5, 0.6) is 23.0 Å². The number of aliphatic hydroxyl groups excluding tert-OH is 3. The Morgan fingerprint density at radius 2 is 1.18 bits per heavy atom. The van der Waals surface area contributed by atoms with Crippen LogP contribution in [0.4, 0.5) is 0 Å². The standard InChI is InChI=1S/C41H64O9/c1-5-7-15-28-18-12-10-14-26(4)40(50-41-39(48)38(47)35(46)24-49-41)30-22-33(44)37(34(45)23-30)29(16-8-6-2)17-11-9-13-25(3)19-27-20-31(42)36(28)32(43)21-27/h20-23,25-26,28-29,35,38-48H,5-19,24H2,1-4H3/t25-,26-,28-,29-,35+,38+,39+,40+,41-/m0/s1. The van der Waals surface area contributed by atoms with Crippen LogP contribution in [-0.4, -0.2) is 67.0 Å². The Morgan fingerprint density at radius 1 is 0.680 bits per heavy atom. The van der Waals surface area contributed by atoms with E-state index in [1.807, 2.05) is 19.1 Å². The van der Waals surface area contributed by atoms with Gasteiger partial charge in [-0.1, -0.05) is 85.5 Å². The molecule has 5 aliphatic rings. The van der Waals surface area contributed by atoms with E-state index >= 15 is 0 Å². The number of hydrogen-bond acceptors (Lipinski definition) is 9. The Labute approximate surface area is 299 Å². The maximum atomic E-state index is 11.5. The third-order valence-corrected chi connectivity index (χ3v) is 11.1. The minimum absolute atomic E-state index is 0.0161. The molecule has 4 aliphatic carbocycles. The van der Waals surface area contributed by atoms with Crippen molar-refractivity contribution >= 4 is 0 Å². The van der Waals surface area contributed by atoms with Gasteiger partial charge >= 0.3 is 0 Å². The lowest BCUT2D eigenvalue weighted by Crippen LogP contribution is -2.54. The van der Waals surface area contributed by atoms with Crippen molar-refractivity contribution in [1.82, 2.24) is 0 Å². The van der Waals surface area contributed by atoms with Gasteiger partial charge in [-0.15, -0.1) is 0 Å². The van der Waals surface area contributed by atoms with E-state index in [-0.39, 0.29) is 47.4 Å². The zero-order chi connectivity index (χ0) is 36.4. The van der Waals surface area contributed by atoms with Crippen molar-refractivity contribution in [2.75, 3.05) is 6.61 Å². The molecule has 1 aliphatic heterocycles. The monoisotopic (exact) mass is 700 g/mol. The van der Waals surface area contributed by atoms with E-state index in [0.29, 0.717) is 29.0 Å². The fourth-order valence-corrected chi connectivity index (χ4v) is 8.19. The van der Waals surface area contributed by atoms with Crippen LogP contribution in [0.25, 0.3) is 0 Å². The molecule has 7 N–H and O–H groups in total. The lowest BCUT2D eigenvalue weighted by molar-refractivity contribution is -0.288. The van der Waals surface area contributed by atoms with Gasteiger partial charge in [0.25, 0.3) is 0 Å². The SMILES string of the molecule is CCCC[C@H]1CCCC[C@H](C)Cc2cc(O)c(c(O)c2)[C@@H](CCCC)CCCC[C@H](C)[C@@H](O[C@@H]2OC[C@@H](O)[C@@H](O)[C@H]2O)c2cc(O)c1c(O)c2. The van der Waals surface area contributed by atoms with Crippen molar-refractivity contribution in [2.45, 2.75) is 167 Å². The number of ether oxygens (including phenoxy) is 2. The minimum Gasteiger partial charge on any atom is -0.508 e. The molecule has 2 aromatic carbocycles. The van der Waals surface area contributed by atoms with Gasteiger partial charge in [-0.25, -0.2) is 0 Å². The molecule has 9 nitrogen and oxygen atoms in total. The summed E-state index contributed by atoms with van der Waals surface area (Å²) in [6, 6.07) is 7.01. The van der Waals surface area contributed by atoms with E-state index < -0.39 is 30.7 Å². The molecule has 2 aromatic rings. The third kappa shape index (κ3) is 10.5. The predicted molar refractivity (Wildman–Crippen MR) is 195 cm³/mol. The molecule has 4 bridgehead atoms. The van der Waals surface area contributed by atoms with Gasteiger partial charge in [-0.05, 0) is 97.6 Å². The number of phenols is 4. The second-order valence-corrected chi connectivity index (χ2v) is 15.4. The van der Waals surface area contributed by atoms with Crippen molar-refractivity contribution < 1.29 is 45.2 Å². The Bertz CT molecular complexity index is 1290. The normalized spacial score (nSPS) is 30.5. The lowest BCUT2D eigenvalue weighted by Gasteiger charge is -2.38. The first-order valence-corrected chi connectivity index (χ1v) is 19.4. The number of rotatable bonds is 8. The molecule has 1 heterocycles. The summed E-state index contributed by atoms with van der Waals surface area (Å²) < 4.78 is 12.0. The molecule has 282 valence electrons. The average molecular weight is 701 g/mol. The van der Waals surface area contributed by atoms with Crippen molar-refractivity contribution in [3.63, 3.8) is 0 Å². The molecule has 0 aromatic heterocycles. The fourth-order valence-electron chi connectivity index (χ4n) is 8.19. The summed E-state index contributed by atoms with van der Waals surface area (Å²) in [5.74, 6) is 0.621. The average Bonchev–Trinajstić information content (AvgIpc) is 3.06. The Morgan fingerprint density at radius 3 is 1.72 bits per heavy atom. The number of aromatic hydroxyl groups is 4. The molecule has 0 saturated carbocycles. The summed E-state index contributed by atoms with van der Waals surface area (Å²) in [6.07, 6.45) is 7.26. The molecule has 1 fully saturated rings. The predicted octanol–water partition coefficient (Wildman–Crippen LogP) is 8.20. The van der Waals surface area contributed by atoms with Gasteiger partial charge in [0.15, 0.2) is 6.29 Å². The van der Waals surface area contributed by atoms with Crippen LogP contribution in [0.15, 0.2) is 24.3 Å². The Kier molecular flexibility index (Phi) is 15.5. The maximum Gasteiger partial charge on any atom is 0.186 e. The van der Waals surface area contributed by atoms with Crippen molar-refractivity contribution in [1.29, 1.82) is 0 Å². The highest BCUT2D eigenvalue weighted by Crippen LogP contribution is 2.45. The Balaban J connectivity index is 1.67. The highest BCUT2D eigenvalue weighted by molar-refractivity contribution is 5.50. The van der Waals surface area contributed by atoms with Gasteiger partial charge in [0.1, 0.15) is 41.3 Å². The molecular weight excluding hydrogens is 636 g/mol. The second-order valence-electron chi connectivity index (χ2n) is 15.4. The molecule has 0 unspecified atom stereocenters. The molecule has 9 heteroatoms. The molecule has 0 amide bonds. The van der Waals surface area contributed by atoms with Crippen LogP contribution in [-0.2, 0) is 15.9 Å². The van der Waals surface area contributed by atoms with Gasteiger partial charge in [-0.3, -0.25) is 0 Å². The van der Waals surface area contributed by atoms with Gasteiger partial charge in [0.05, 0.1) is 12.7 Å². The number of hydrogen-bond donors (Lipinski definition) is 7. The highest BCUT2D eigenvalue weighted by atomic mass is 16.7. The quantitative estimate of drug-likeness (QED) is 0.144. The van der Waals surface area contributed by atoms with Crippen LogP contribution < -0.4 is 0 Å². The van der Waals surface area contributed by atoms with Crippen molar-refractivity contribution in [3.8, 4) is 23.0 Å². The first-order valence-electron chi connectivity index (χ1n) is 19.4. The van der Waals surface area contributed by atoms with Crippen LogP contribution in [0, 0.1) is 11.8 Å². The third-order valence-electron chi connectivity index (χ3n) is 11.1. The molecular formula is C41H64O9. The van der Waals surface area contributed by atoms with Crippen molar-refractivity contribution in [2.24, 2.45) is 11.8 Å². The number of phenolic OH excluding ortho intramolecular Hbond substituents is 4. The number of benzene rings is 2. The summed E-state index contributed by atoms with van der Waals surface area (Å²) in [5.41, 5.74) is 2.69. The molecule has 0 spiro atoms. The van der Waals surface area contributed by atoms with E-state index in [9.17, 15) is 35.7 Å². The van der Waals surface area contributed by atoms with Crippen LogP contribution in [0.2, 0.25) is 0 Å². The summed E-state index contributed by atoms with van der Waals surface area (Å²) in [4.78, 5) is 0. The summed E-state index contributed by atoms with van der Waals surface area (Å²) in [7, 11) is 0. The number of aliphatic hydroxyl groups is 3. The summed E-state index contributed by atoms with van der Waals surface area (Å²) in [5, 5.41) is 76.5. The van der Waals surface area contributed by atoms with Crippen molar-refractivity contribution in [3.05, 3.63) is 46.5 Å². The number of unbranched alkanes of at least 4 members (excludes halogenated alkanes) is 2. The zero-order valence-electron chi connectivity index (χ0n) is 30.8. The molecule has 50 heavy (non-hydrogen) atoms. The summed E-state index contributed by atoms with van der Waals surface area (Å²) >= 11 is 0. The van der Waals surface area contributed by atoms with Crippen LogP contribution in [0.3, 0.4) is 0 Å². The largest absolute Gasteiger partial charge is 0.508 e. The van der Waals surface area contributed by atoms with Gasteiger partial charge in [0.2, 0.25) is 0 Å². The van der Waals surface area contributed by atoms with Crippen LogP contribution in [0.1, 0.15) is 158 Å². The van der Waals surface area contributed by atoms with E-state index in [2.05, 4.69) is 20.8 Å². The highest BCUT2D eigenvalue weighted by Gasteiger charge is 2.40. The zero-order valence-corrected chi connectivity index (χ0v) is 30.8. The molecule has 7 rings (SSSR count). The molecule has 0 radical (unpaired) electrons. The van der Waals surface area contributed by atoms with E-state index in [1.54, 1.807) is 12.1 Å². The van der Waals surface area contributed by atoms with E-state index in [1.165, 1.54) is 0 Å². The van der Waals surface area contributed by atoms with E-state index in [0.717, 1.165) is 95.5 Å². The first kappa shape index (κ1) is 40.2. The van der Waals surface area contributed by atoms with Gasteiger partial charge in [0, 0.05) is 11.1 Å². The first-order chi connectivity index (χ1) is 23.9. The van der Waals surface area contributed by atoms with Gasteiger partial charge < -0.3 is 45.2 Å². The Hall–Kier alpha value is -2.56. The lowest BCUT2D eigenvalue weighted by atomic mass is 9.83. The summed E-state index contributed by atoms with van der Waals surface area (Å²) in [6.45, 7) is 8.30. The van der Waals surface area contributed by atoms with E-state index in [4.69, 9.17) is 9.47 Å². The maximum absolute atomic E-state index is 11.5. The topological polar surface area (TPSA) is 160 Å². The fraction of sp³-hybridized carbons (Fsp3) is 0.707. The second kappa shape index (κ2) is 19.3. The smallest absolute Gasteiger partial charge is 0.186 e. The van der Waals surface area contributed by atoms with Gasteiger partial charge in [-0.2, -0.15) is 0 Å². The van der Waals surface area contributed by atoms with Crippen LogP contribution >= 0.6 is 0 Å². The molecule has 1 saturated heterocycles. The molecule has 9 atom stereocenters.